The van der Waals surface area contributed by atoms with Crippen LogP contribution in [0, 0.1) is 0 Å². The summed E-state index contributed by atoms with van der Waals surface area (Å²) >= 11 is 2.78. The van der Waals surface area contributed by atoms with Crippen molar-refractivity contribution in [3.05, 3.63) is 35.7 Å². The summed E-state index contributed by atoms with van der Waals surface area (Å²) in [5, 5.41) is 5.35. The molecule has 1 saturated heterocycles. The number of thioether (sulfide) groups is 1. The van der Waals surface area contributed by atoms with E-state index in [9.17, 15) is 9.59 Å². The quantitative estimate of drug-likeness (QED) is 0.750. The molecule has 0 spiro atoms. The third-order valence-electron chi connectivity index (χ3n) is 4.70. The zero-order valence-corrected chi connectivity index (χ0v) is 17.2. The lowest BCUT2D eigenvalue weighted by atomic mass is 10.0. The van der Waals surface area contributed by atoms with E-state index in [1.165, 1.54) is 29.5 Å². The van der Waals surface area contributed by atoms with E-state index in [0.717, 1.165) is 37.1 Å². The molecule has 1 aliphatic rings. The largest absolute Gasteiger partial charge is 0.339 e. The maximum atomic E-state index is 12.4. The number of nitrogens with zero attached hydrogens (tertiary/aromatic N) is 2. The number of carbonyl (C=O) groups is 2. The van der Waals surface area contributed by atoms with Crippen LogP contribution in [0.4, 0.5) is 5.13 Å². The Morgan fingerprint density at radius 2 is 2.07 bits per heavy atom. The zero-order chi connectivity index (χ0) is 19.1. The molecular formula is C20H25N3O2S2. The van der Waals surface area contributed by atoms with Crippen LogP contribution in [-0.4, -0.2) is 45.8 Å². The lowest BCUT2D eigenvalue weighted by Crippen LogP contribution is -2.44. The number of aromatic nitrogens is 1. The number of nitrogens with one attached hydrogen (secondary N) is 1. The minimum absolute atomic E-state index is 0.118. The number of amides is 2. The second-order valence-corrected chi connectivity index (χ2v) is 8.43. The molecule has 0 unspecified atom stereocenters. The van der Waals surface area contributed by atoms with Crippen molar-refractivity contribution in [1.29, 1.82) is 0 Å². The Hall–Kier alpha value is -1.86. The van der Waals surface area contributed by atoms with Gasteiger partial charge in [0.25, 0.3) is 0 Å². The Morgan fingerprint density at radius 1 is 1.26 bits per heavy atom. The van der Waals surface area contributed by atoms with E-state index < -0.39 is 0 Å². The standard InChI is InChI=1S/C20H25N3O2S2/c1-2-16-10-6-7-11-23(16)19(25)14-26-13-18(24)22-20-21-17(12-27-20)15-8-4-3-5-9-15/h3-5,8-9,12,16H,2,6-7,10-11,13-14H2,1H3,(H,21,22,24)/t16-/m0/s1. The summed E-state index contributed by atoms with van der Waals surface area (Å²) in [6, 6.07) is 10.2. The first-order chi connectivity index (χ1) is 13.2. The van der Waals surface area contributed by atoms with Gasteiger partial charge in [0.05, 0.1) is 17.2 Å². The molecule has 7 heteroatoms. The molecule has 2 aromatic rings. The molecule has 2 amide bonds. The fourth-order valence-corrected chi connectivity index (χ4v) is 4.73. The lowest BCUT2D eigenvalue weighted by molar-refractivity contribution is -0.132. The van der Waals surface area contributed by atoms with E-state index in [0.29, 0.717) is 16.9 Å². The maximum absolute atomic E-state index is 12.4. The Labute approximate surface area is 168 Å². The minimum atomic E-state index is -0.118. The summed E-state index contributed by atoms with van der Waals surface area (Å²) in [5.41, 5.74) is 1.88. The molecule has 0 aliphatic carbocycles. The Morgan fingerprint density at radius 3 is 2.85 bits per heavy atom. The summed E-state index contributed by atoms with van der Waals surface area (Å²) < 4.78 is 0. The number of carbonyl (C=O) groups excluding carboxylic acids is 2. The van der Waals surface area contributed by atoms with Crippen molar-refractivity contribution in [1.82, 2.24) is 9.88 Å². The average molecular weight is 404 g/mol. The molecule has 2 heterocycles. The van der Waals surface area contributed by atoms with Crippen molar-refractivity contribution in [3.63, 3.8) is 0 Å². The molecule has 1 aromatic heterocycles. The molecule has 1 aromatic carbocycles. The minimum Gasteiger partial charge on any atom is -0.339 e. The van der Waals surface area contributed by atoms with Crippen LogP contribution in [-0.2, 0) is 9.59 Å². The molecule has 1 atom stereocenters. The van der Waals surface area contributed by atoms with Gasteiger partial charge in [-0.25, -0.2) is 4.98 Å². The molecule has 0 radical (unpaired) electrons. The van der Waals surface area contributed by atoms with Gasteiger partial charge < -0.3 is 10.2 Å². The van der Waals surface area contributed by atoms with Gasteiger partial charge in [-0.2, -0.15) is 0 Å². The normalized spacial score (nSPS) is 16.9. The number of benzene rings is 1. The number of hydrogen-bond acceptors (Lipinski definition) is 5. The highest BCUT2D eigenvalue weighted by atomic mass is 32.2. The van der Waals surface area contributed by atoms with Gasteiger partial charge in [0.1, 0.15) is 0 Å². The first kappa shape index (κ1) is 19.9. The van der Waals surface area contributed by atoms with Crippen LogP contribution >= 0.6 is 23.1 Å². The number of likely N-dealkylation sites (tertiary alicyclic amines) is 1. The summed E-state index contributed by atoms with van der Waals surface area (Å²) in [7, 11) is 0. The third-order valence-corrected chi connectivity index (χ3v) is 6.37. The van der Waals surface area contributed by atoms with Gasteiger partial charge in [0, 0.05) is 23.5 Å². The van der Waals surface area contributed by atoms with Crippen LogP contribution in [0.25, 0.3) is 11.3 Å². The van der Waals surface area contributed by atoms with Crippen LogP contribution in [0.1, 0.15) is 32.6 Å². The molecular weight excluding hydrogens is 378 g/mol. The summed E-state index contributed by atoms with van der Waals surface area (Å²) in [6.45, 7) is 2.99. The van der Waals surface area contributed by atoms with Crippen molar-refractivity contribution in [2.45, 2.75) is 38.6 Å². The average Bonchev–Trinajstić information content (AvgIpc) is 3.17. The number of anilines is 1. The highest BCUT2D eigenvalue weighted by Crippen LogP contribution is 2.25. The molecule has 0 bridgehead atoms. The summed E-state index contributed by atoms with van der Waals surface area (Å²) in [5.74, 6) is 0.653. The molecule has 5 nitrogen and oxygen atoms in total. The second kappa shape index (κ2) is 9.90. The predicted molar refractivity (Wildman–Crippen MR) is 113 cm³/mol. The van der Waals surface area contributed by atoms with E-state index in [1.807, 2.05) is 40.6 Å². The van der Waals surface area contributed by atoms with E-state index in [4.69, 9.17) is 0 Å². The fraction of sp³-hybridized carbons (Fsp3) is 0.450. The van der Waals surface area contributed by atoms with E-state index in [1.54, 1.807) is 0 Å². The SMILES string of the molecule is CC[C@H]1CCCCN1C(=O)CSCC(=O)Nc1nc(-c2ccccc2)cs1. The fourth-order valence-electron chi connectivity index (χ4n) is 3.30. The van der Waals surface area contributed by atoms with Crippen molar-refractivity contribution in [2.24, 2.45) is 0 Å². The highest BCUT2D eigenvalue weighted by Gasteiger charge is 2.25. The molecule has 1 N–H and O–H groups in total. The van der Waals surface area contributed by atoms with Crippen molar-refractivity contribution < 1.29 is 9.59 Å². The summed E-state index contributed by atoms with van der Waals surface area (Å²) in [6.07, 6.45) is 4.39. The Kier molecular flexibility index (Phi) is 7.29. The predicted octanol–water partition coefficient (Wildman–Crippen LogP) is 4.27. The van der Waals surface area contributed by atoms with Crippen molar-refractivity contribution >= 4 is 40.0 Å². The van der Waals surface area contributed by atoms with Crippen LogP contribution in [0.2, 0.25) is 0 Å². The van der Waals surface area contributed by atoms with Crippen LogP contribution in [0.3, 0.4) is 0 Å². The van der Waals surface area contributed by atoms with Gasteiger partial charge in [0.15, 0.2) is 5.13 Å². The van der Waals surface area contributed by atoms with Crippen LogP contribution in [0.5, 0.6) is 0 Å². The molecule has 1 fully saturated rings. The van der Waals surface area contributed by atoms with Crippen LogP contribution < -0.4 is 5.32 Å². The second-order valence-electron chi connectivity index (χ2n) is 6.59. The van der Waals surface area contributed by atoms with Gasteiger partial charge in [0.2, 0.25) is 11.8 Å². The Bertz CT molecular complexity index is 764. The van der Waals surface area contributed by atoms with Gasteiger partial charge in [-0.15, -0.1) is 23.1 Å². The van der Waals surface area contributed by atoms with Crippen molar-refractivity contribution in [3.8, 4) is 11.3 Å². The summed E-state index contributed by atoms with van der Waals surface area (Å²) in [4.78, 5) is 31.0. The third kappa shape index (κ3) is 5.56. The highest BCUT2D eigenvalue weighted by molar-refractivity contribution is 8.00. The van der Waals surface area contributed by atoms with E-state index in [2.05, 4.69) is 17.2 Å². The molecule has 144 valence electrons. The molecule has 0 saturated carbocycles. The maximum Gasteiger partial charge on any atom is 0.236 e. The van der Waals surface area contributed by atoms with Crippen molar-refractivity contribution in [2.75, 3.05) is 23.4 Å². The van der Waals surface area contributed by atoms with E-state index >= 15 is 0 Å². The molecule has 3 rings (SSSR count). The van der Waals surface area contributed by atoms with Gasteiger partial charge >= 0.3 is 0 Å². The number of piperidine rings is 1. The Balaban J connectivity index is 1.43. The zero-order valence-electron chi connectivity index (χ0n) is 15.5. The van der Waals surface area contributed by atoms with Gasteiger partial charge in [-0.05, 0) is 25.7 Å². The monoisotopic (exact) mass is 403 g/mol. The number of hydrogen-bond donors (Lipinski definition) is 1. The number of thiazole rings is 1. The molecule has 1 aliphatic heterocycles. The lowest BCUT2D eigenvalue weighted by Gasteiger charge is -2.35. The number of rotatable bonds is 7. The van der Waals surface area contributed by atoms with E-state index in [-0.39, 0.29) is 17.6 Å². The first-order valence-electron chi connectivity index (χ1n) is 9.35. The topological polar surface area (TPSA) is 62.3 Å². The van der Waals surface area contributed by atoms with Gasteiger partial charge in [-0.3, -0.25) is 9.59 Å². The first-order valence-corrected chi connectivity index (χ1v) is 11.4. The smallest absolute Gasteiger partial charge is 0.236 e. The molecule has 27 heavy (non-hydrogen) atoms. The van der Waals surface area contributed by atoms with Crippen LogP contribution in [0.15, 0.2) is 35.7 Å². The van der Waals surface area contributed by atoms with Gasteiger partial charge in [-0.1, -0.05) is 37.3 Å².